The number of rotatable bonds is 3. The van der Waals surface area contributed by atoms with Crippen molar-refractivity contribution < 1.29 is 9.90 Å². The van der Waals surface area contributed by atoms with Gasteiger partial charge in [-0.05, 0) is 32.6 Å². The molecular formula is C11H22N2O2. The van der Waals surface area contributed by atoms with Crippen molar-refractivity contribution in [3.05, 3.63) is 0 Å². The van der Waals surface area contributed by atoms with Crippen LogP contribution in [0.1, 0.15) is 32.6 Å². The van der Waals surface area contributed by atoms with Crippen molar-refractivity contribution in [2.45, 2.75) is 50.8 Å². The van der Waals surface area contributed by atoms with Gasteiger partial charge >= 0.3 is 0 Å². The van der Waals surface area contributed by atoms with Gasteiger partial charge in [-0.15, -0.1) is 0 Å². The van der Waals surface area contributed by atoms with Crippen LogP contribution in [0, 0.1) is 0 Å². The molecule has 0 bridgehead atoms. The van der Waals surface area contributed by atoms with Gasteiger partial charge in [-0.1, -0.05) is 0 Å². The second kappa shape index (κ2) is 5.47. The lowest BCUT2D eigenvalue weighted by Crippen LogP contribution is -2.47. The number of aliphatic hydroxyl groups is 1. The van der Waals surface area contributed by atoms with Crippen LogP contribution in [0.3, 0.4) is 0 Å². The molecule has 1 rings (SSSR count). The molecule has 2 N–H and O–H groups in total. The molecule has 4 heteroatoms. The first-order chi connectivity index (χ1) is 7.00. The standard InChI is InChI=1S/C11H22N2O2/c1-8(11(15)13(2)3)12-9-4-6-10(14)7-5-9/h8-10,12,14H,4-7H2,1-3H3. The Morgan fingerprint density at radius 3 is 2.33 bits per heavy atom. The van der Waals surface area contributed by atoms with E-state index in [1.165, 1.54) is 0 Å². The Kier molecular flexibility index (Phi) is 4.54. The van der Waals surface area contributed by atoms with Crippen LogP contribution in [-0.4, -0.2) is 48.2 Å². The summed E-state index contributed by atoms with van der Waals surface area (Å²) >= 11 is 0. The third-order valence-corrected chi connectivity index (χ3v) is 2.99. The first kappa shape index (κ1) is 12.5. The topological polar surface area (TPSA) is 52.6 Å². The molecule has 0 aromatic carbocycles. The number of likely N-dealkylation sites (N-methyl/N-ethyl adjacent to an activating group) is 1. The van der Waals surface area contributed by atoms with Crippen LogP contribution in [0.25, 0.3) is 0 Å². The van der Waals surface area contributed by atoms with E-state index in [2.05, 4.69) is 5.32 Å². The maximum absolute atomic E-state index is 11.6. The van der Waals surface area contributed by atoms with Crippen LogP contribution in [-0.2, 0) is 4.79 Å². The van der Waals surface area contributed by atoms with Crippen molar-refractivity contribution in [3.8, 4) is 0 Å². The maximum Gasteiger partial charge on any atom is 0.238 e. The average molecular weight is 214 g/mol. The summed E-state index contributed by atoms with van der Waals surface area (Å²) in [5.41, 5.74) is 0. The SMILES string of the molecule is CC(NC1CCC(O)CC1)C(=O)N(C)C. The van der Waals surface area contributed by atoms with Gasteiger partial charge in [-0.3, -0.25) is 4.79 Å². The zero-order valence-electron chi connectivity index (χ0n) is 9.86. The van der Waals surface area contributed by atoms with E-state index in [1.807, 2.05) is 6.92 Å². The fraction of sp³-hybridized carbons (Fsp3) is 0.909. The lowest BCUT2D eigenvalue weighted by atomic mass is 9.92. The molecule has 1 saturated carbocycles. The van der Waals surface area contributed by atoms with Crippen molar-refractivity contribution in [1.82, 2.24) is 10.2 Å². The Labute approximate surface area is 91.6 Å². The van der Waals surface area contributed by atoms with E-state index in [1.54, 1.807) is 19.0 Å². The zero-order valence-corrected chi connectivity index (χ0v) is 9.86. The van der Waals surface area contributed by atoms with Gasteiger partial charge in [-0.2, -0.15) is 0 Å². The van der Waals surface area contributed by atoms with Gasteiger partial charge in [0.25, 0.3) is 0 Å². The zero-order chi connectivity index (χ0) is 11.4. The average Bonchev–Trinajstić information content (AvgIpc) is 2.20. The van der Waals surface area contributed by atoms with Crippen molar-refractivity contribution in [2.75, 3.05) is 14.1 Å². The van der Waals surface area contributed by atoms with E-state index in [0.717, 1.165) is 25.7 Å². The molecular weight excluding hydrogens is 192 g/mol. The fourth-order valence-electron chi connectivity index (χ4n) is 2.05. The van der Waals surface area contributed by atoms with E-state index < -0.39 is 0 Å². The number of hydrogen-bond donors (Lipinski definition) is 2. The third-order valence-electron chi connectivity index (χ3n) is 2.99. The van der Waals surface area contributed by atoms with Crippen LogP contribution in [0.15, 0.2) is 0 Å². The fourth-order valence-corrected chi connectivity index (χ4v) is 2.05. The molecule has 1 aliphatic rings. The van der Waals surface area contributed by atoms with Crippen LogP contribution >= 0.6 is 0 Å². The van der Waals surface area contributed by atoms with Gasteiger partial charge < -0.3 is 15.3 Å². The van der Waals surface area contributed by atoms with E-state index in [0.29, 0.717) is 6.04 Å². The Hall–Kier alpha value is -0.610. The number of amides is 1. The summed E-state index contributed by atoms with van der Waals surface area (Å²) in [6.45, 7) is 1.90. The molecule has 1 fully saturated rings. The predicted molar refractivity (Wildman–Crippen MR) is 59.6 cm³/mol. The van der Waals surface area contributed by atoms with Gasteiger partial charge in [0, 0.05) is 20.1 Å². The highest BCUT2D eigenvalue weighted by Gasteiger charge is 2.23. The quantitative estimate of drug-likeness (QED) is 0.713. The summed E-state index contributed by atoms with van der Waals surface area (Å²) in [6.07, 6.45) is 3.49. The highest BCUT2D eigenvalue weighted by atomic mass is 16.3. The molecule has 88 valence electrons. The molecule has 0 heterocycles. The van der Waals surface area contributed by atoms with Crippen LogP contribution in [0.5, 0.6) is 0 Å². The molecule has 0 aromatic rings. The first-order valence-electron chi connectivity index (χ1n) is 5.66. The molecule has 1 atom stereocenters. The van der Waals surface area contributed by atoms with Crippen molar-refractivity contribution >= 4 is 5.91 Å². The summed E-state index contributed by atoms with van der Waals surface area (Å²) in [5, 5.41) is 12.7. The lowest BCUT2D eigenvalue weighted by molar-refractivity contribution is -0.130. The largest absolute Gasteiger partial charge is 0.393 e. The van der Waals surface area contributed by atoms with E-state index in [-0.39, 0.29) is 18.1 Å². The van der Waals surface area contributed by atoms with Crippen molar-refractivity contribution in [1.29, 1.82) is 0 Å². The molecule has 1 unspecified atom stereocenters. The third kappa shape index (κ3) is 3.80. The number of carbonyl (C=O) groups excluding carboxylic acids is 1. The van der Waals surface area contributed by atoms with Crippen molar-refractivity contribution in [2.24, 2.45) is 0 Å². The second-order valence-corrected chi connectivity index (χ2v) is 4.63. The number of aliphatic hydroxyl groups excluding tert-OH is 1. The van der Waals surface area contributed by atoms with Crippen LogP contribution in [0.2, 0.25) is 0 Å². The van der Waals surface area contributed by atoms with E-state index in [4.69, 9.17) is 0 Å². The van der Waals surface area contributed by atoms with Gasteiger partial charge in [0.1, 0.15) is 0 Å². The summed E-state index contributed by atoms with van der Waals surface area (Å²) in [6, 6.07) is 0.257. The minimum absolute atomic E-state index is 0.112. The summed E-state index contributed by atoms with van der Waals surface area (Å²) in [7, 11) is 3.54. The molecule has 0 saturated heterocycles. The number of nitrogens with zero attached hydrogens (tertiary/aromatic N) is 1. The number of hydrogen-bond acceptors (Lipinski definition) is 3. The summed E-state index contributed by atoms with van der Waals surface area (Å²) < 4.78 is 0. The smallest absolute Gasteiger partial charge is 0.238 e. The summed E-state index contributed by atoms with van der Waals surface area (Å²) in [5.74, 6) is 0.112. The maximum atomic E-state index is 11.6. The molecule has 0 aliphatic heterocycles. The normalized spacial score (nSPS) is 28.5. The Morgan fingerprint density at radius 2 is 1.87 bits per heavy atom. The highest BCUT2D eigenvalue weighted by molar-refractivity contribution is 5.80. The van der Waals surface area contributed by atoms with Gasteiger partial charge in [0.05, 0.1) is 12.1 Å². The highest BCUT2D eigenvalue weighted by Crippen LogP contribution is 2.18. The Balaban J connectivity index is 2.32. The van der Waals surface area contributed by atoms with E-state index >= 15 is 0 Å². The minimum Gasteiger partial charge on any atom is -0.393 e. The minimum atomic E-state index is -0.136. The molecule has 1 amide bonds. The first-order valence-corrected chi connectivity index (χ1v) is 5.66. The van der Waals surface area contributed by atoms with Gasteiger partial charge in [0.15, 0.2) is 0 Å². The Bertz CT molecular complexity index is 211. The van der Waals surface area contributed by atoms with Crippen LogP contribution < -0.4 is 5.32 Å². The lowest BCUT2D eigenvalue weighted by Gasteiger charge is -2.29. The Morgan fingerprint density at radius 1 is 1.33 bits per heavy atom. The molecule has 0 aromatic heterocycles. The predicted octanol–water partition coefficient (Wildman–Crippen LogP) is 0.356. The second-order valence-electron chi connectivity index (χ2n) is 4.63. The monoisotopic (exact) mass is 214 g/mol. The summed E-state index contributed by atoms with van der Waals surface area (Å²) in [4.78, 5) is 13.2. The molecule has 15 heavy (non-hydrogen) atoms. The molecule has 1 aliphatic carbocycles. The van der Waals surface area contributed by atoms with Crippen molar-refractivity contribution in [3.63, 3.8) is 0 Å². The number of carbonyl (C=O) groups is 1. The van der Waals surface area contributed by atoms with Gasteiger partial charge in [-0.25, -0.2) is 0 Å². The molecule has 4 nitrogen and oxygen atoms in total. The molecule has 0 radical (unpaired) electrons. The van der Waals surface area contributed by atoms with Gasteiger partial charge in [0.2, 0.25) is 5.91 Å². The van der Waals surface area contributed by atoms with Crippen LogP contribution in [0.4, 0.5) is 0 Å². The molecule has 0 spiro atoms. The number of nitrogens with one attached hydrogen (secondary N) is 1. The van der Waals surface area contributed by atoms with E-state index in [9.17, 15) is 9.90 Å².